The molecule has 0 radical (unpaired) electrons. The Morgan fingerprint density at radius 1 is 1.37 bits per heavy atom. The summed E-state index contributed by atoms with van der Waals surface area (Å²) in [6.45, 7) is 5.82. The van der Waals surface area contributed by atoms with Crippen LogP contribution in [-0.2, 0) is 19.1 Å². The van der Waals surface area contributed by atoms with Crippen molar-refractivity contribution in [2.75, 3.05) is 11.9 Å². The maximum atomic E-state index is 12.6. The summed E-state index contributed by atoms with van der Waals surface area (Å²) in [6.07, 6.45) is -1.38. The van der Waals surface area contributed by atoms with Crippen molar-refractivity contribution in [1.82, 2.24) is 5.32 Å². The van der Waals surface area contributed by atoms with Crippen LogP contribution in [0.25, 0.3) is 0 Å². The summed E-state index contributed by atoms with van der Waals surface area (Å²) in [5.41, 5.74) is -1.68. The Labute approximate surface area is 157 Å². The number of amides is 2. The van der Waals surface area contributed by atoms with Crippen LogP contribution in [-0.4, -0.2) is 47.2 Å². The summed E-state index contributed by atoms with van der Waals surface area (Å²) in [6, 6.07) is 6.92. The van der Waals surface area contributed by atoms with Crippen molar-refractivity contribution in [3.05, 3.63) is 24.3 Å². The number of carboxylic acid groups (broad SMARTS) is 1. The van der Waals surface area contributed by atoms with E-state index < -0.39 is 34.8 Å². The first-order chi connectivity index (χ1) is 12.7. The number of carbonyl (C=O) groups is 3. The zero-order valence-corrected chi connectivity index (χ0v) is 15.6. The Hall–Kier alpha value is -2.61. The van der Waals surface area contributed by atoms with Crippen molar-refractivity contribution in [2.45, 2.75) is 51.4 Å². The lowest BCUT2D eigenvalue weighted by atomic mass is 9.54. The van der Waals surface area contributed by atoms with E-state index in [-0.39, 0.29) is 18.9 Å². The Morgan fingerprint density at radius 2 is 2.07 bits per heavy atom. The molecule has 0 spiro atoms. The number of fused-ring (bicyclic) bond motifs is 1. The molecule has 3 atom stereocenters. The predicted octanol–water partition coefficient (Wildman–Crippen LogP) is 1.55. The molecule has 1 heterocycles. The second kappa shape index (κ2) is 6.84. The maximum absolute atomic E-state index is 12.6. The van der Waals surface area contributed by atoms with Gasteiger partial charge in [-0.25, -0.2) is 4.79 Å². The first-order valence-electron chi connectivity index (χ1n) is 8.94. The molecule has 2 amide bonds. The first kappa shape index (κ1) is 19.2. The normalized spacial score (nSPS) is 28.2. The lowest BCUT2D eigenvalue weighted by Gasteiger charge is -2.58. The van der Waals surface area contributed by atoms with Crippen molar-refractivity contribution in [1.29, 1.82) is 0 Å². The minimum Gasteiger partial charge on any atom is -0.479 e. The molecule has 146 valence electrons. The van der Waals surface area contributed by atoms with E-state index in [1.165, 1.54) is 0 Å². The summed E-state index contributed by atoms with van der Waals surface area (Å²) in [5, 5.41) is 15.1. The highest BCUT2D eigenvalue weighted by Gasteiger charge is 2.66. The molecule has 3 rings (SSSR count). The average Bonchev–Trinajstić information content (AvgIpc) is 2.61. The SMILES string of the molecule is CCOC1CC(NC(=O)CC2Oc3ccccc3NC2=O)(C(=O)O)C1(C)C. The number of para-hydroxylation sites is 2. The smallest absolute Gasteiger partial charge is 0.330 e. The Balaban J connectivity index is 1.70. The largest absolute Gasteiger partial charge is 0.479 e. The van der Waals surface area contributed by atoms with Gasteiger partial charge in [0.2, 0.25) is 5.91 Å². The molecule has 1 fully saturated rings. The topological polar surface area (TPSA) is 114 Å². The standard InChI is InChI=1S/C19H24N2O6/c1-4-26-14-10-19(17(24)25,18(14,2)3)21-15(22)9-13-16(23)20-11-7-5-6-8-12(11)27-13/h5-8,13-14H,4,9-10H2,1-3H3,(H,20,23)(H,21,22)(H,24,25). The molecular formula is C19H24N2O6. The number of carboxylic acids is 1. The van der Waals surface area contributed by atoms with Gasteiger partial charge < -0.3 is 25.2 Å². The molecule has 0 bridgehead atoms. The molecule has 1 saturated carbocycles. The number of ether oxygens (including phenoxy) is 2. The highest BCUT2D eigenvalue weighted by molar-refractivity contribution is 6.00. The fourth-order valence-electron chi connectivity index (χ4n) is 3.72. The number of carbonyl (C=O) groups excluding carboxylic acids is 2. The van der Waals surface area contributed by atoms with E-state index in [0.717, 1.165) is 0 Å². The molecule has 1 aromatic rings. The van der Waals surface area contributed by atoms with Crippen LogP contribution in [0.2, 0.25) is 0 Å². The van der Waals surface area contributed by atoms with Crippen molar-refractivity contribution in [3.63, 3.8) is 0 Å². The third kappa shape index (κ3) is 3.14. The highest BCUT2D eigenvalue weighted by Crippen LogP contribution is 2.51. The predicted molar refractivity (Wildman–Crippen MR) is 96.4 cm³/mol. The van der Waals surface area contributed by atoms with Gasteiger partial charge >= 0.3 is 5.97 Å². The molecule has 3 unspecified atom stereocenters. The summed E-state index contributed by atoms with van der Waals surface area (Å²) in [7, 11) is 0. The second-order valence-corrected chi connectivity index (χ2v) is 7.42. The van der Waals surface area contributed by atoms with Gasteiger partial charge in [-0.2, -0.15) is 0 Å². The van der Waals surface area contributed by atoms with Crippen LogP contribution in [0.5, 0.6) is 5.75 Å². The Kier molecular flexibility index (Phi) is 4.86. The summed E-state index contributed by atoms with van der Waals surface area (Å²) >= 11 is 0. The number of hydrogen-bond acceptors (Lipinski definition) is 5. The van der Waals surface area contributed by atoms with Gasteiger partial charge in [-0.1, -0.05) is 26.0 Å². The minimum absolute atomic E-state index is 0.176. The molecule has 8 heteroatoms. The Bertz CT molecular complexity index is 777. The van der Waals surface area contributed by atoms with E-state index in [2.05, 4.69) is 10.6 Å². The highest BCUT2D eigenvalue weighted by atomic mass is 16.5. The van der Waals surface area contributed by atoms with Crippen LogP contribution in [0.15, 0.2) is 24.3 Å². The Morgan fingerprint density at radius 3 is 2.70 bits per heavy atom. The molecule has 8 nitrogen and oxygen atoms in total. The van der Waals surface area contributed by atoms with Crippen molar-refractivity contribution in [3.8, 4) is 5.75 Å². The van der Waals surface area contributed by atoms with E-state index in [1.807, 2.05) is 6.92 Å². The number of nitrogens with one attached hydrogen (secondary N) is 2. The lowest BCUT2D eigenvalue weighted by Crippen LogP contribution is -2.76. The third-order valence-electron chi connectivity index (χ3n) is 5.56. The molecule has 0 aromatic heterocycles. The van der Waals surface area contributed by atoms with Crippen LogP contribution in [0, 0.1) is 5.41 Å². The van der Waals surface area contributed by atoms with Gasteiger partial charge in [0.1, 0.15) is 11.3 Å². The first-order valence-corrected chi connectivity index (χ1v) is 8.94. The van der Waals surface area contributed by atoms with Crippen LogP contribution < -0.4 is 15.4 Å². The molecule has 2 aliphatic rings. The van der Waals surface area contributed by atoms with Gasteiger partial charge in [0, 0.05) is 18.4 Å². The van der Waals surface area contributed by atoms with Gasteiger partial charge in [0.05, 0.1) is 18.2 Å². The van der Waals surface area contributed by atoms with E-state index in [1.54, 1.807) is 38.1 Å². The van der Waals surface area contributed by atoms with Gasteiger partial charge in [0.25, 0.3) is 5.91 Å². The summed E-state index contributed by atoms with van der Waals surface area (Å²) < 4.78 is 11.2. The number of anilines is 1. The quantitative estimate of drug-likeness (QED) is 0.694. The van der Waals surface area contributed by atoms with Crippen LogP contribution in [0.1, 0.15) is 33.6 Å². The average molecular weight is 376 g/mol. The van der Waals surface area contributed by atoms with E-state index >= 15 is 0 Å². The summed E-state index contributed by atoms with van der Waals surface area (Å²) in [4.78, 5) is 36.7. The molecule has 27 heavy (non-hydrogen) atoms. The molecule has 1 aliphatic heterocycles. The number of rotatable bonds is 6. The lowest BCUT2D eigenvalue weighted by molar-refractivity contribution is -0.194. The van der Waals surface area contributed by atoms with E-state index in [9.17, 15) is 19.5 Å². The maximum Gasteiger partial charge on any atom is 0.330 e. The van der Waals surface area contributed by atoms with Gasteiger partial charge in [-0.3, -0.25) is 9.59 Å². The van der Waals surface area contributed by atoms with Crippen molar-refractivity contribution >= 4 is 23.5 Å². The van der Waals surface area contributed by atoms with Gasteiger partial charge in [0.15, 0.2) is 6.10 Å². The van der Waals surface area contributed by atoms with Gasteiger partial charge in [-0.15, -0.1) is 0 Å². The van der Waals surface area contributed by atoms with Crippen LogP contribution in [0.3, 0.4) is 0 Å². The molecule has 0 saturated heterocycles. The number of aliphatic carboxylic acids is 1. The van der Waals surface area contributed by atoms with Crippen molar-refractivity contribution in [2.24, 2.45) is 5.41 Å². The van der Waals surface area contributed by atoms with Gasteiger partial charge in [-0.05, 0) is 19.1 Å². The molecular weight excluding hydrogens is 352 g/mol. The van der Waals surface area contributed by atoms with Crippen LogP contribution in [0.4, 0.5) is 5.69 Å². The van der Waals surface area contributed by atoms with Crippen molar-refractivity contribution < 1.29 is 29.0 Å². The second-order valence-electron chi connectivity index (χ2n) is 7.42. The molecule has 1 aromatic carbocycles. The fourth-order valence-corrected chi connectivity index (χ4v) is 3.72. The molecule has 3 N–H and O–H groups in total. The molecule has 1 aliphatic carbocycles. The minimum atomic E-state index is -1.44. The number of benzene rings is 1. The fraction of sp³-hybridized carbons (Fsp3) is 0.526. The third-order valence-corrected chi connectivity index (χ3v) is 5.56. The zero-order chi connectivity index (χ0) is 19.8. The zero-order valence-electron chi connectivity index (χ0n) is 15.6. The summed E-state index contributed by atoms with van der Waals surface area (Å²) in [5.74, 6) is -1.63. The number of hydrogen-bond donors (Lipinski definition) is 3. The van der Waals surface area contributed by atoms with E-state index in [4.69, 9.17) is 9.47 Å². The van der Waals surface area contributed by atoms with E-state index in [0.29, 0.717) is 18.0 Å². The van der Waals surface area contributed by atoms with Crippen LogP contribution >= 0.6 is 0 Å². The monoisotopic (exact) mass is 376 g/mol.